The van der Waals surface area contributed by atoms with Crippen LogP contribution in [0.3, 0.4) is 0 Å². The molecule has 1 aromatic heterocycles. The van der Waals surface area contributed by atoms with E-state index in [1.807, 2.05) is 0 Å². The van der Waals surface area contributed by atoms with Crippen molar-refractivity contribution >= 4 is 32.7 Å². The third-order valence-corrected chi connectivity index (χ3v) is 12.1. The highest BCUT2D eigenvalue weighted by molar-refractivity contribution is 6.22. The lowest BCUT2D eigenvalue weighted by atomic mass is 9.67. The third kappa shape index (κ3) is 3.83. The molecule has 10 aromatic rings. The maximum absolute atomic E-state index is 6.63. The summed E-state index contributed by atoms with van der Waals surface area (Å²) in [7, 11) is 0. The summed E-state index contributed by atoms with van der Waals surface area (Å²) in [5.74, 6) is 0. The number of rotatable bonds is 4. The van der Waals surface area contributed by atoms with Crippen molar-refractivity contribution in [1.82, 2.24) is 0 Å². The lowest BCUT2D eigenvalue weighted by molar-refractivity contribution is 0.669. The van der Waals surface area contributed by atoms with E-state index in [9.17, 15) is 0 Å². The van der Waals surface area contributed by atoms with Crippen LogP contribution in [0.2, 0.25) is 0 Å². The van der Waals surface area contributed by atoms with E-state index in [1.54, 1.807) is 0 Å². The van der Waals surface area contributed by atoms with Gasteiger partial charge in [0.25, 0.3) is 0 Å². The molecule has 0 unspecified atom stereocenters. The SMILES string of the molecule is c1ccc(C2(c3ccccc3)c3ccccc3-c3c(-c4ccc5oc6cccc(-c7ccc8c9c(cccc79)-c7ccccc7-8)c6c5c4)cccc32)cc1. The second-order valence-electron chi connectivity index (χ2n) is 14.7. The zero-order valence-electron chi connectivity index (χ0n) is 29.4. The maximum atomic E-state index is 6.63. The summed E-state index contributed by atoms with van der Waals surface area (Å²) < 4.78 is 6.63. The minimum atomic E-state index is -0.445. The zero-order chi connectivity index (χ0) is 35.4. The molecule has 0 amide bonds. The van der Waals surface area contributed by atoms with Crippen LogP contribution in [0.25, 0.3) is 88.3 Å². The van der Waals surface area contributed by atoms with Gasteiger partial charge in [-0.2, -0.15) is 0 Å². The average Bonchev–Trinajstić information content (AvgIpc) is 3.89. The molecule has 0 saturated carbocycles. The zero-order valence-corrected chi connectivity index (χ0v) is 29.4. The minimum Gasteiger partial charge on any atom is -0.456 e. The summed E-state index contributed by atoms with van der Waals surface area (Å²) in [5.41, 5.74) is 19.2. The number of fused-ring (bicyclic) bond motifs is 9. The van der Waals surface area contributed by atoms with Gasteiger partial charge in [0.15, 0.2) is 0 Å². The minimum absolute atomic E-state index is 0.445. The van der Waals surface area contributed by atoms with E-state index in [-0.39, 0.29) is 0 Å². The van der Waals surface area contributed by atoms with Crippen LogP contribution >= 0.6 is 0 Å². The monoisotopic (exact) mass is 684 g/mol. The van der Waals surface area contributed by atoms with E-state index in [0.29, 0.717) is 0 Å². The van der Waals surface area contributed by atoms with Gasteiger partial charge < -0.3 is 4.42 Å². The summed E-state index contributed by atoms with van der Waals surface area (Å²) in [4.78, 5) is 0. The van der Waals surface area contributed by atoms with Crippen molar-refractivity contribution in [2.45, 2.75) is 5.41 Å². The molecule has 0 radical (unpaired) electrons. The average molecular weight is 685 g/mol. The summed E-state index contributed by atoms with van der Waals surface area (Å²) in [5, 5.41) is 4.89. The maximum Gasteiger partial charge on any atom is 0.136 e. The van der Waals surface area contributed by atoms with E-state index in [4.69, 9.17) is 4.42 Å². The molecule has 9 aromatic carbocycles. The van der Waals surface area contributed by atoms with Crippen LogP contribution in [-0.2, 0) is 5.41 Å². The standard InChI is InChI=1S/C53H32O/c1-3-14-34(15-4-1)53(35-16-5-2-6-17-35)46-25-10-9-20-44(46)51-36(21-12-26-47(51)53)33-28-31-48-45(32-33)52-42(24-13-27-49(52)54-48)39-29-30-43-38-19-8-7-18-37(38)40-22-11-23-41(39)50(40)43/h1-32H. The molecule has 1 heterocycles. The van der Waals surface area contributed by atoms with Gasteiger partial charge in [-0.1, -0.05) is 176 Å². The van der Waals surface area contributed by atoms with Crippen molar-refractivity contribution in [2.24, 2.45) is 0 Å². The molecular formula is C53H32O. The van der Waals surface area contributed by atoms with Gasteiger partial charge >= 0.3 is 0 Å². The Morgan fingerprint density at radius 3 is 1.63 bits per heavy atom. The van der Waals surface area contributed by atoms with Crippen molar-refractivity contribution < 1.29 is 4.42 Å². The molecule has 0 saturated heterocycles. The van der Waals surface area contributed by atoms with Crippen LogP contribution in [0.5, 0.6) is 0 Å². The second kappa shape index (κ2) is 11.0. The van der Waals surface area contributed by atoms with Crippen molar-refractivity contribution in [3.8, 4) is 55.6 Å². The molecule has 2 aliphatic rings. The topological polar surface area (TPSA) is 13.1 Å². The quantitative estimate of drug-likeness (QED) is 0.180. The van der Waals surface area contributed by atoms with E-state index in [0.717, 1.165) is 21.9 Å². The van der Waals surface area contributed by atoms with Gasteiger partial charge in [-0.3, -0.25) is 0 Å². The molecule has 54 heavy (non-hydrogen) atoms. The van der Waals surface area contributed by atoms with Crippen LogP contribution in [0.4, 0.5) is 0 Å². The predicted octanol–water partition coefficient (Wildman–Crippen LogP) is 14.1. The normalized spacial score (nSPS) is 13.3. The van der Waals surface area contributed by atoms with Gasteiger partial charge in [-0.05, 0) is 107 Å². The van der Waals surface area contributed by atoms with Crippen molar-refractivity contribution in [3.05, 3.63) is 216 Å². The highest BCUT2D eigenvalue weighted by atomic mass is 16.3. The fraction of sp³-hybridized carbons (Fsp3) is 0.0189. The fourth-order valence-corrected chi connectivity index (χ4v) is 10.00. The number of hydrogen-bond acceptors (Lipinski definition) is 1. The van der Waals surface area contributed by atoms with Gasteiger partial charge in [0, 0.05) is 10.8 Å². The van der Waals surface area contributed by atoms with E-state index in [1.165, 1.54) is 88.7 Å². The first-order valence-electron chi connectivity index (χ1n) is 18.8. The van der Waals surface area contributed by atoms with Crippen LogP contribution in [0.1, 0.15) is 22.3 Å². The Kier molecular flexibility index (Phi) is 6.04. The number of benzene rings is 9. The summed E-state index contributed by atoms with van der Waals surface area (Å²) >= 11 is 0. The van der Waals surface area contributed by atoms with Gasteiger partial charge in [-0.15, -0.1) is 0 Å². The first-order chi connectivity index (χ1) is 26.8. The summed E-state index contributed by atoms with van der Waals surface area (Å²) in [6.07, 6.45) is 0. The van der Waals surface area contributed by atoms with Gasteiger partial charge in [0.05, 0.1) is 5.41 Å². The Bertz CT molecular complexity index is 3080. The second-order valence-corrected chi connectivity index (χ2v) is 14.7. The Labute approximate surface area is 313 Å². The Morgan fingerprint density at radius 1 is 0.315 bits per heavy atom. The molecule has 0 aliphatic heterocycles. The molecule has 0 bridgehead atoms. The van der Waals surface area contributed by atoms with Crippen LogP contribution in [-0.4, -0.2) is 0 Å². The lowest BCUT2D eigenvalue weighted by Crippen LogP contribution is -2.28. The molecule has 1 heteroatoms. The Hall–Kier alpha value is -6.96. The van der Waals surface area contributed by atoms with Crippen LogP contribution < -0.4 is 0 Å². The Morgan fingerprint density at radius 2 is 0.870 bits per heavy atom. The van der Waals surface area contributed by atoms with Crippen molar-refractivity contribution in [1.29, 1.82) is 0 Å². The predicted molar refractivity (Wildman–Crippen MR) is 224 cm³/mol. The molecule has 12 rings (SSSR count). The smallest absolute Gasteiger partial charge is 0.136 e. The molecule has 0 fully saturated rings. The molecule has 0 spiro atoms. The van der Waals surface area contributed by atoms with Gasteiger partial charge in [0.1, 0.15) is 11.2 Å². The third-order valence-electron chi connectivity index (χ3n) is 12.1. The summed E-state index contributed by atoms with van der Waals surface area (Å²) in [6.45, 7) is 0. The van der Waals surface area contributed by atoms with Crippen molar-refractivity contribution in [2.75, 3.05) is 0 Å². The highest BCUT2D eigenvalue weighted by Crippen LogP contribution is 2.58. The molecule has 2 aliphatic carbocycles. The molecule has 0 atom stereocenters. The van der Waals surface area contributed by atoms with Crippen LogP contribution in [0, 0.1) is 0 Å². The number of furan rings is 1. The van der Waals surface area contributed by atoms with E-state index < -0.39 is 5.41 Å². The first kappa shape index (κ1) is 29.6. The van der Waals surface area contributed by atoms with Gasteiger partial charge in [0.2, 0.25) is 0 Å². The number of hydrogen-bond donors (Lipinski definition) is 0. The molecule has 0 N–H and O–H groups in total. The fourth-order valence-electron chi connectivity index (χ4n) is 10.00. The van der Waals surface area contributed by atoms with Crippen LogP contribution in [0.15, 0.2) is 199 Å². The molecular weight excluding hydrogens is 653 g/mol. The largest absolute Gasteiger partial charge is 0.456 e. The van der Waals surface area contributed by atoms with Crippen molar-refractivity contribution in [3.63, 3.8) is 0 Å². The molecule has 1 nitrogen and oxygen atoms in total. The summed E-state index contributed by atoms with van der Waals surface area (Å²) in [6, 6.07) is 71.4. The van der Waals surface area contributed by atoms with E-state index in [2.05, 4.69) is 194 Å². The lowest BCUT2D eigenvalue weighted by Gasteiger charge is -2.34. The Balaban J connectivity index is 1.11. The molecule has 250 valence electrons. The highest BCUT2D eigenvalue weighted by Gasteiger charge is 2.46. The van der Waals surface area contributed by atoms with E-state index >= 15 is 0 Å². The first-order valence-corrected chi connectivity index (χ1v) is 18.8. The van der Waals surface area contributed by atoms with Gasteiger partial charge in [-0.25, -0.2) is 0 Å².